The zero-order valence-electron chi connectivity index (χ0n) is 20.7. The van der Waals surface area contributed by atoms with Gasteiger partial charge in [-0.2, -0.15) is 0 Å². The highest BCUT2D eigenvalue weighted by Gasteiger charge is 2.34. The minimum absolute atomic E-state index is 0.0106. The average Bonchev–Trinajstić information content (AvgIpc) is 2.88. The van der Waals surface area contributed by atoms with E-state index in [1.165, 1.54) is 49.2 Å². The Kier molecular flexibility index (Phi) is 9.95. The van der Waals surface area contributed by atoms with Gasteiger partial charge in [-0.25, -0.2) is 8.42 Å². The fourth-order valence-electron chi connectivity index (χ4n) is 3.68. The van der Waals surface area contributed by atoms with E-state index in [0.717, 1.165) is 9.87 Å². The smallest absolute Gasteiger partial charge is 0.264 e. The fraction of sp³-hybridized carbons (Fsp3) is 0.231. The van der Waals surface area contributed by atoms with Crippen molar-refractivity contribution in [1.82, 2.24) is 10.2 Å². The second-order valence-electron chi connectivity index (χ2n) is 8.41. The van der Waals surface area contributed by atoms with E-state index in [4.69, 9.17) is 46.4 Å². The van der Waals surface area contributed by atoms with Gasteiger partial charge in [0.1, 0.15) is 12.6 Å². The van der Waals surface area contributed by atoms with Gasteiger partial charge in [0.05, 0.1) is 20.6 Å². The van der Waals surface area contributed by atoms with E-state index < -0.39 is 34.4 Å². The minimum atomic E-state index is -4.29. The Morgan fingerprint density at radius 3 is 2.03 bits per heavy atom. The predicted molar refractivity (Wildman–Crippen MR) is 153 cm³/mol. The largest absolute Gasteiger partial charge is 0.357 e. The number of nitrogens with zero attached hydrogens (tertiary/aromatic N) is 2. The molecule has 1 unspecified atom stereocenters. The first-order valence-electron chi connectivity index (χ1n) is 11.4. The average molecular weight is 617 g/mol. The molecule has 1 N–H and O–H groups in total. The molecule has 3 aromatic carbocycles. The summed E-state index contributed by atoms with van der Waals surface area (Å²) >= 11 is 25.3. The van der Waals surface area contributed by atoms with E-state index in [1.54, 1.807) is 30.3 Å². The van der Waals surface area contributed by atoms with Crippen LogP contribution in [0.4, 0.5) is 5.69 Å². The summed E-state index contributed by atoms with van der Waals surface area (Å²) in [6, 6.07) is 14.5. The summed E-state index contributed by atoms with van der Waals surface area (Å²) in [5, 5.41) is 3.16. The Balaban J connectivity index is 2.11. The lowest BCUT2D eigenvalue weighted by atomic mass is 10.1. The number of rotatable bonds is 9. The van der Waals surface area contributed by atoms with Crippen LogP contribution < -0.4 is 9.62 Å². The van der Waals surface area contributed by atoms with Gasteiger partial charge < -0.3 is 10.2 Å². The van der Waals surface area contributed by atoms with Gasteiger partial charge in [0.2, 0.25) is 11.8 Å². The number of amides is 2. The number of carbonyl (C=O) groups excluding carboxylic acids is 2. The van der Waals surface area contributed by atoms with E-state index in [9.17, 15) is 18.0 Å². The third kappa shape index (κ3) is 6.55. The van der Waals surface area contributed by atoms with E-state index in [2.05, 4.69) is 5.32 Å². The molecule has 12 heteroatoms. The quantitative estimate of drug-likeness (QED) is 0.321. The highest BCUT2D eigenvalue weighted by molar-refractivity contribution is 7.92. The summed E-state index contributed by atoms with van der Waals surface area (Å²) in [7, 11) is -2.85. The second-order valence-corrected chi connectivity index (χ2v) is 11.9. The van der Waals surface area contributed by atoms with Crippen molar-refractivity contribution in [1.29, 1.82) is 0 Å². The van der Waals surface area contributed by atoms with Crippen LogP contribution >= 0.6 is 46.4 Å². The number of sulfonamides is 1. The van der Waals surface area contributed by atoms with Crippen molar-refractivity contribution in [2.24, 2.45) is 0 Å². The van der Waals surface area contributed by atoms with Gasteiger partial charge in [-0.15, -0.1) is 0 Å². The van der Waals surface area contributed by atoms with Crippen molar-refractivity contribution in [3.8, 4) is 0 Å². The first kappa shape index (κ1) is 30.1. The molecule has 0 radical (unpaired) electrons. The minimum Gasteiger partial charge on any atom is -0.357 e. The van der Waals surface area contributed by atoms with Crippen molar-refractivity contribution >= 4 is 73.9 Å². The molecule has 202 valence electrons. The number of hydrogen-bond donors (Lipinski definition) is 1. The monoisotopic (exact) mass is 615 g/mol. The maximum Gasteiger partial charge on any atom is 0.264 e. The molecule has 38 heavy (non-hydrogen) atoms. The van der Waals surface area contributed by atoms with Crippen LogP contribution in [0.15, 0.2) is 65.6 Å². The van der Waals surface area contributed by atoms with Gasteiger partial charge in [-0.3, -0.25) is 13.9 Å². The number of aryl methyl sites for hydroxylation is 1. The molecule has 0 saturated carbocycles. The summed E-state index contributed by atoms with van der Waals surface area (Å²) in [6.07, 6.45) is 0. The van der Waals surface area contributed by atoms with Crippen molar-refractivity contribution < 1.29 is 18.0 Å². The molecular formula is C26H25Cl4N3O4S. The van der Waals surface area contributed by atoms with E-state index in [1.807, 2.05) is 6.92 Å². The van der Waals surface area contributed by atoms with Gasteiger partial charge in [0, 0.05) is 29.2 Å². The molecule has 0 saturated heterocycles. The molecule has 1 atom stereocenters. The molecule has 3 rings (SSSR count). The lowest BCUT2D eigenvalue weighted by Gasteiger charge is -2.32. The van der Waals surface area contributed by atoms with Gasteiger partial charge in [-0.1, -0.05) is 76.2 Å². The fourth-order valence-corrected chi connectivity index (χ4v) is 6.07. The van der Waals surface area contributed by atoms with Crippen LogP contribution in [0.5, 0.6) is 0 Å². The van der Waals surface area contributed by atoms with Crippen LogP contribution in [-0.4, -0.2) is 44.8 Å². The molecule has 0 aliphatic heterocycles. The molecule has 0 heterocycles. The molecule has 0 aliphatic rings. The second kappa shape index (κ2) is 12.6. The van der Waals surface area contributed by atoms with Gasteiger partial charge in [-0.05, 0) is 50.2 Å². The molecule has 0 spiro atoms. The first-order valence-corrected chi connectivity index (χ1v) is 14.3. The summed E-state index contributed by atoms with van der Waals surface area (Å²) < 4.78 is 28.5. The Morgan fingerprint density at radius 1 is 0.895 bits per heavy atom. The maximum absolute atomic E-state index is 13.8. The highest BCUT2D eigenvalue weighted by atomic mass is 35.5. The third-order valence-corrected chi connectivity index (χ3v) is 9.18. The molecule has 0 aliphatic carbocycles. The third-order valence-electron chi connectivity index (χ3n) is 5.89. The maximum atomic E-state index is 13.8. The molecule has 0 bridgehead atoms. The molecule has 7 nitrogen and oxygen atoms in total. The van der Waals surface area contributed by atoms with E-state index >= 15 is 0 Å². The number of carbonyl (C=O) groups is 2. The Bertz CT molecular complexity index is 1430. The molecule has 0 aromatic heterocycles. The SMILES string of the molecule is CNC(=O)C(C)N(Cc1c(Cl)cccc1Cl)C(=O)CN(c1cccc(Cl)c1Cl)S(=O)(=O)c1ccc(C)cc1. The number of hydrogen-bond acceptors (Lipinski definition) is 4. The normalized spacial score (nSPS) is 12.1. The summed E-state index contributed by atoms with van der Waals surface area (Å²) in [5.41, 5.74) is 1.28. The van der Waals surface area contributed by atoms with Crippen molar-refractivity contribution in [2.75, 3.05) is 17.9 Å². The van der Waals surface area contributed by atoms with Crippen LogP contribution in [0.1, 0.15) is 18.1 Å². The number of anilines is 1. The van der Waals surface area contributed by atoms with Gasteiger partial charge in [0.25, 0.3) is 10.0 Å². The standard InChI is InChI=1S/C26H25Cl4N3O4S/c1-16-10-12-18(13-11-16)38(36,37)33(23-9-5-8-22(29)25(23)30)15-24(34)32(17(2)26(35)31-3)14-19-20(27)6-4-7-21(19)28/h4-13,17H,14-15H2,1-3H3,(H,31,35). The molecule has 0 fully saturated rings. The molecular weight excluding hydrogens is 592 g/mol. The number of likely N-dealkylation sites (N-methyl/N-ethyl adjacent to an activating group) is 1. The van der Waals surface area contributed by atoms with Crippen LogP contribution in [0.2, 0.25) is 20.1 Å². The first-order chi connectivity index (χ1) is 17.9. The zero-order chi connectivity index (χ0) is 28.2. The zero-order valence-corrected chi connectivity index (χ0v) is 24.6. The van der Waals surface area contributed by atoms with E-state index in [-0.39, 0.29) is 27.2 Å². The van der Waals surface area contributed by atoms with Gasteiger partial charge >= 0.3 is 0 Å². The summed E-state index contributed by atoms with van der Waals surface area (Å²) in [6.45, 7) is 2.52. The van der Waals surface area contributed by atoms with Crippen LogP contribution in [0.3, 0.4) is 0 Å². The van der Waals surface area contributed by atoms with Crippen molar-refractivity contribution in [2.45, 2.75) is 31.3 Å². The van der Waals surface area contributed by atoms with Gasteiger partial charge in [0.15, 0.2) is 0 Å². The number of nitrogens with one attached hydrogen (secondary N) is 1. The van der Waals surface area contributed by atoms with E-state index in [0.29, 0.717) is 15.6 Å². The number of benzene rings is 3. The van der Waals surface area contributed by atoms with Crippen LogP contribution in [-0.2, 0) is 26.2 Å². The number of halogens is 4. The topological polar surface area (TPSA) is 86.8 Å². The molecule has 3 aromatic rings. The van der Waals surface area contributed by atoms with Crippen LogP contribution in [0, 0.1) is 6.92 Å². The summed E-state index contributed by atoms with van der Waals surface area (Å²) in [5.74, 6) is -1.15. The lowest BCUT2D eigenvalue weighted by molar-refractivity contribution is -0.139. The lowest BCUT2D eigenvalue weighted by Crippen LogP contribution is -2.50. The molecule has 2 amide bonds. The van der Waals surface area contributed by atoms with Crippen molar-refractivity contribution in [3.63, 3.8) is 0 Å². The van der Waals surface area contributed by atoms with Crippen LogP contribution in [0.25, 0.3) is 0 Å². The summed E-state index contributed by atoms with van der Waals surface area (Å²) in [4.78, 5) is 27.6. The Hall–Kier alpha value is -2.49. The predicted octanol–water partition coefficient (Wildman–Crippen LogP) is 5.97. The Labute approximate surface area is 242 Å². The Morgan fingerprint density at radius 2 is 1.45 bits per heavy atom. The van der Waals surface area contributed by atoms with Crippen molar-refractivity contribution in [3.05, 3.63) is 91.9 Å². The highest BCUT2D eigenvalue weighted by Crippen LogP contribution is 2.36.